The van der Waals surface area contributed by atoms with E-state index in [0.717, 1.165) is 30.4 Å². The fourth-order valence-corrected chi connectivity index (χ4v) is 5.01. The summed E-state index contributed by atoms with van der Waals surface area (Å²) < 4.78 is 19.1. The summed E-state index contributed by atoms with van der Waals surface area (Å²) in [5, 5.41) is 11.3. The third-order valence-corrected chi connectivity index (χ3v) is 7.33. The molecular weight excluding hydrogens is 367 g/mol. The molecule has 2 aromatic carbocycles. The second kappa shape index (κ2) is 6.72. The molecule has 0 aliphatic heterocycles. The Morgan fingerprint density at radius 2 is 1.76 bits per heavy atom. The molecule has 0 amide bonds. The second-order valence-electron chi connectivity index (χ2n) is 8.96. The molecule has 0 saturated heterocycles. The minimum Gasteiger partial charge on any atom is -0.511 e. The molecule has 152 valence electrons. The summed E-state index contributed by atoms with van der Waals surface area (Å²) in [5.74, 6) is 0.881. The lowest BCUT2D eigenvalue weighted by atomic mass is 9.58. The van der Waals surface area contributed by atoms with E-state index < -0.39 is 5.41 Å². The molecule has 2 aliphatic rings. The number of fused-ring (bicyclic) bond motifs is 2. The largest absolute Gasteiger partial charge is 0.511 e. The molecule has 0 unspecified atom stereocenters. The van der Waals surface area contributed by atoms with E-state index in [0.29, 0.717) is 17.1 Å². The molecular formula is C25H27FO3. The lowest BCUT2D eigenvalue weighted by Crippen LogP contribution is -2.43. The number of benzene rings is 2. The van der Waals surface area contributed by atoms with Gasteiger partial charge in [0.15, 0.2) is 5.78 Å². The number of aliphatic hydroxyl groups excluding tert-OH is 1. The van der Waals surface area contributed by atoms with Gasteiger partial charge in [-0.1, -0.05) is 33.8 Å². The number of hydrogen-bond donors (Lipinski definition) is 1. The van der Waals surface area contributed by atoms with Crippen molar-refractivity contribution in [2.45, 2.75) is 47.0 Å². The van der Waals surface area contributed by atoms with Gasteiger partial charge in [-0.05, 0) is 72.2 Å². The number of aryl methyl sites for hydroxylation is 1. The maximum absolute atomic E-state index is 13.4. The van der Waals surface area contributed by atoms with Crippen molar-refractivity contribution in [1.82, 2.24) is 0 Å². The highest BCUT2D eigenvalue weighted by atomic mass is 19.1. The second-order valence-corrected chi connectivity index (χ2v) is 8.96. The first-order valence-electron chi connectivity index (χ1n) is 10.2. The number of aliphatic hydroxyl groups is 1. The predicted molar refractivity (Wildman–Crippen MR) is 111 cm³/mol. The fourth-order valence-electron chi connectivity index (χ4n) is 5.01. The number of hydrogen-bond acceptors (Lipinski definition) is 3. The number of ether oxygens (including phenoxy) is 1. The maximum Gasteiger partial charge on any atom is 0.170 e. The Labute approximate surface area is 171 Å². The Kier molecular flexibility index (Phi) is 4.56. The van der Waals surface area contributed by atoms with E-state index in [1.807, 2.05) is 25.1 Å². The number of halogens is 1. The first-order valence-corrected chi connectivity index (χ1v) is 10.2. The van der Waals surface area contributed by atoms with Gasteiger partial charge < -0.3 is 9.84 Å². The number of Topliss-reactive ketones (excluding diaryl/α,β-unsaturated/α-hetero) is 1. The van der Waals surface area contributed by atoms with Gasteiger partial charge in [-0.25, -0.2) is 4.39 Å². The molecule has 0 spiro atoms. The summed E-state index contributed by atoms with van der Waals surface area (Å²) in [4.78, 5) is 13.4. The van der Waals surface area contributed by atoms with E-state index >= 15 is 0 Å². The summed E-state index contributed by atoms with van der Waals surface area (Å²) in [6.07, 6.45) is 2.34. The molecule has 1 saturated carbocycles. The Balaban J connectivity index is 1.81. The highest BCUT2D eigenvalue weighted by molar-refractivity contribution is 6.24. The monoisotopic (exact) mass is 394 g/mol. The van der Waals surface area contributed by atoms with Crippen molar-refractivity contribution < 1.29 is 19.0 Å². The van der Waals surface area contributed by atoms with Gasteiger partial charge in [0.25, 0.3) is 0 Å². The topological polar surface area (TPSA) is 46.5 Å². The lowest BCUT2D eigenvalue weighted by molar-refractivity contribution is -0.122. The summed E-state index contributed by atoms with van der Waals surface area (Å²) in [5.41, 5.74) is 1.49. The molecule has 1 N–H and O–H groups in total. The third-order valence-electron chi connectivity index (χ3n) is 7.33. The van der Waals surface area contributed by atoms with E-state index in [1.165, 1.54) is 12.1 Å². The van der Waals surface area contributed by atoms with Gasteiger partial charge in [-0.3, -0.25) is 4.79 Å². The van der Waals surface area contributed by atoms with E-state index in [1.54, 1.807) is 12.1 Å². The van der Waals surface area contributed by atoms with Gasteiger partial charge in [0.05, 0.1) is 5.57 Å². The summed E-state index contributed by atoms with van der Waals surface area (Å²) in [7, 11) is 0. The Bertz CT molecular complexity index is 1000. The zero-order valence-corrected chi connectivity index (χ0v) is 17.4. The zero-order valence-electron chi connectivity index (χ0n) is 17.4. The van der Waals surface area contributed by atoms with E-state index in [4.69, 9.17) is 4.74 Å². The van der Waals surface area contributed by atoms with Crippen molar-refractivity contribution >= 4 is 11.4 Å². The fraction of sp³-hybridized carbons (Fsp3) is 0.400. The smallest absolute Gasteiger partial charge is 0.170 e. The number of rotatable bonds is 4. The third kappa shape index (κ3) is 2.88. The van der Waals surface area contributed by atoms with Gasteiger partial charge >= 0.3 is 0 Å². The number of carbonyl (C=O) groups is 1. The Morgan fingerprint density at radius 1 is 1.10 bits per heavy atom. The van der Waals surface area contributed by atoms with Gasteiger partial charge in [-0.2, -0.15) is 0 Å². The zero-order chi connectivity index (χ0) is 21.0. The van der Waals surface area contributed by atoms with Crippen LogP contribution in [-0.2, 0) is 11.2 Å². The predicted octanol–water partition coefficient (Wildman–Crippen LogP) is 6.47. The molecule has 29 heavy (non-hydrogen) atoms. The van der Waals surface area contributed by atoms with Crippen LogP contribution in [0.5, 0.6) is 11.5 Å². The van der Waals surface area contributed by atoms with Crippen LogP contribution in [0.2, 0.25) is 0 Å². The van der Waals surface area contributed by atoms with Crippen molar-refractivity contribution in [2.75, 3.05) is 0 Å². The van der Waals surface area contributed by atoms with Crippen LogP contribution < -0.4 is 4.74 Å². The van der Waals surface area contributed by atoms with Crippen LogP contribution in [0, 0.1) is 22.6 Å². The summed E-state index contributed by atoms with van der Waals surface area (Å²) in [6, 6.07) is 11.4. The lowest BCUT2D eigenvalue weighted by Gasteiger charge is -2.45. The molecule has 4 heteroatoms. The molecule has 2 aromatic rings. The van der Waals surface area contributed by atoms with Gasteiger partial charge in [0, 0.05) is 11.3 Å². The minimum absolute atomic E-state index is 0.0242. The van der Waals surface area contributed by atoms with Crippen molar-refractivity contribution in [3.63, 3.8) is 0 Å². The van der Waals surface area contributed by atoms with Crippen LogP contribution in [0.25, 0.3) is 5.57 Å². The molecule has 2 atom stereocenters. The van der Waals surface area contributed by atoms with E-state index in [2.05, 4.69) is 20.8 Å². The molecule has 4 rings (SSSR count). The molecule has 1 fully saturated rings. The molecule has 0 aromatic heterocycles. The highest BCUT2D eigenvalue weighted by Crippen LogP contribution is 2.64. The average molecular weight is 394 g/mol. The van der Waals surface area contributed by atoms with Crippen molar-refractivity contribution in [2.24, 2.45) is 16.7 Å². The quantitative estimate of drug-likeness (QED) is 0.646. The standard InChI is InChI=1S/C25H27FO3/c1-5-15-6-9-18(29-17-10-7-16(26)8-11-17)14-19(15)21-22(27)20-12-13-25(4,23(21)28)24(20,2)3/h6-11,14,20,28H,5,12-13H2,1-4H3/t20-,25+/m0/s1. The number of allylic oxidation sites excluding steroid dienone is 2. The van der Waals surface area contributed by atoms with Crippen LogP contribution in [0.15, 0.2) is 48.2 Å². The molecule has 0 heterocycles. The van der Waals surface area contributed by atoms with Crippen LogP contribution in [0.3, 0.4) is 0 Å². The van der Waals surface area contributed by atoms with Crippen LogP contribution in [0.1, 0.15) is 51.7 Å². The highest BCUT2D eigenvalue weighted by Gasteiger charge is 2.61. The summed E-state index contributed by atoms with van der Waals surface area (Å²) >= 11 is 0. The van der Waals surface area contributed by atoms with Crippen molar-refractivity contribution in [3.8, 4) is 11.5 Å². The summed E-state index contributed by atoms with van der Waals surface area (Å²) in [6.45, 7) is 8.28. The first kappa shape index (κ1) is 19.7. The Morgan fingerprint density at radius 3 is 2.41 bits per heavy atom. The average Bonchev–Trinajstić information content (AvgIpc) is 2.87. The minimum atomic E-state index is -0.417. The van der Waals surface area contributed by atoms with Crippen molar-refractivity contribution in [1.29, 1.82) is 0 Å². The molecule has 2 aliphatic carbocycles. The number of carbonyl (C=O) groups excluding carboxylic acids is 1. The van der Waals surface area contributed by atoms with Gasteiger partial charge in [0.1, 0.15) is 23.1 Å². The van der Waals surface area contributed by atoms with Crippen LogP contribution >= 0.6 is 0 Å². The SMILES string of the molecule is CCc1ccc(Oc2ccc(F)cc2)cc1C1=C(O)[C@@]2(C)CC[C@@H](C1=O)C2(C)C. The van der Waals surface area contributed by atoms with Crippen LogP contribution in [0.4, 0.5) is 4.39 Å². The molecule has 3 nitrogen and oxygen atoms in total. The first-order chi connectivity index (χ1) is 13.7. The number of ketones is 1. The van der Waals surface area contributed by atoms with Crippen LogP contribution in [-0.4, -0.2) is 10.9 Å². The molecule has 2 bridgehead atoms. The normalized spacial score (nSPS) is 25.4. The van der Waals surface area contributed by atoms with Gasteiger partial charge in [0.2, 0.25) is 0 Å². The van der Waals surface area contributed by atoms with Gasteiger partial charge in [-0.15, -0.1) is 0 Å². The van der Waals surface area contributed by atoms with E-state index in [9.17, 15) is 14.3 Å². The van der Waals surface area contributed by atoms with E-state index in [-0.39, 0.29) is 28.7 Å². The maximum atomic E-state index is 13.4. The Hall–Kier alpha value is -2.62. The molecule has 0 radical (unpaired) electrons. The van der Waals surface area contributed by atoms with Crippen molar-refractivity contribution in [3.05, 3.63) is 65.2 Å².